The van der Waals surface area contributed by atoms with Crippen molar-refractivity contribution in [2.24, 2.45) is 0 Å². The predicted octanol–water partition coefficient (Wildman–Crippen LogP) is 2.91. The summed E-state index contributed by atoms with van der Waals surface area (Å²) in [5, 5.41) is 5.72. The molecule has 0 unspecified atom stereocenters. The van der Waals surface area contributed by atoms with Crippen molar-refractivity contribution < 1.29 is 13.9 Å². The van der Waals surface area contributed by atoms with Crippen LogP contribution in [-0.4, -0.2) is 24.5 Å². The van der Waals surface area contributed by atoms with E-state index in [0.29, 0.717) is 23.6 Å². The molecule has 0 atom stereocenters. The van der Waals surface area contributed by atoms with Crippen LogP contribution >= 0.6 is 0 Å². The highest BCUT2D eigenvalue weighted by Crippen LogP contribution is 2.22. The van der Waals surface area contributed by atoms with Gasteiger partial charge in [-0.05, 0) is 31.2 Å². The summed E-state index contributed by atoms with van der Waals surface area (Å²) in [5.74, 6) is -0.0724. The van der Waals surface area contributed by atoms with E-state index in [9.17, 15) is 9.18 Å². The van der Waals surface area contributed by atoms with E-state index in [2.05, 4.69) is 15.6 Å². The number of benzene rings is 1. The molecular formula is C15H16FN3O2. The fraction of sp³-hybridized carbons (Fsp3) is 0.200. The first kappa shape index (κ1) is 14.8. The van der Waals surface area contributed by atoms with Crippen molar-refractivity contribution in [2.45, 2.75) is 6.92 Å². The maximum atomic E-state index is 13.3. The van der Waals surface area contributed by atoms with Gasteiger partial charge in [-0.15, -0.1) is 0 Å². The lowest BCUT2D eigenvalue weighted by Crippen LogP contribution is -2.13. The van der Waals surface area contributed by atoms with Crippen LogP contribution in [0.2, 0.25) is 0 Å². The van der Waals surface area contributed by atoms with E-state index in [-0.39, 0.29) is 11.7 Å². The number of nitrogens with one attached hydrogen (secondary N) is 2. The average Bonchev–Trinajstić information content (AvgIpc) is 2.50. The number of rotatable bonds is 5. The van der Waals surface area contributed by atoms with Gasteiger partial charge in [0.2, 0.25) is 0 Å². The summed E-state index contributed by atoms with van der Waals surface area (Å²) in [5.41, 5.74) is 0.921. The molecule has 0 spiro atoms. The molecule has 1 heterocycles. The van der Waals surface area contributed by atoms with Gasteiger partial charge in [0.25, 0.3) is 5.91 Å². The molecule has 1 amide bonds. The number of carbonyl (C=O) groups excluding carboxylic acids is 1. The summed E-state index contributed by atoms with van der Waals surface area (Å²) < 4.78 is 18.2. The number of anilines is 2. The quantitative estimate of drug-likeness (QED) is 0.888. The maximum absolute atomic E-state index is 13.3. The molecule has 1 aromatic carbocycles. The molecule has 0 fully saturated rings. The lowest BCUT2D eigenvalue weighted by molar-refractivity contribution is 0.102. The van der Waals surface area contributed by atoms with Crippen LogP contribution in [0.3, 0.4) is 0 Å². The SMILES string of the molecule is CCNc1cc(C(=O)Nc2ccc(F)c(OC)c2)ccn1. The third-order valence-electron chi connectivity index (χ3n) is 2.79. The first-order chi connectivity index (χ1) is 10.1. The number of carbonyl (C=O) groups is 1. The predicted molar refractivity (Wildman–Crippen MR) is 79.3 cm³/mol. The van der Waals surface area contributed by atoms with Gasteiger partial charge in [-0.3, -0.25) is 4.79 Å². The topological polar surface area (TPSA) is 63.2 Å². The van der Waals surface area contributed by atoms with Crippen molar-refractivity contribution in [1.82, 2.24) is 4.98 Å². The number of pyridine rings is 1. The van der Waals surface area contributed by atoms with Crippen molar-refractivity contribution in [1.29, 1.82) is 0 Å². The van der Waals surface area contributed by atoms with Gasteiger partial charge in [-0.25, -0.2) is 9.37 Å². The summed E-state index contributed by atoms with van der Waals surface area (Å²) in [7, 11) is 1.37. The monoisotopic (exact) mass is 289 g/mol. The third-order valence-corrected chi connectivity index (χ3v) is 2.79. The molecule has 2 aromatic rings. The first-order valence-electron chi connectivity index (χ1n) is 6.49. The van der Waals surface area contributed by atoms with Crippen LogP contribution in [0.15, 0.2) is 36.5 Å². The molecule has 110 valence electrons. The minimum atomic E-state index is -0.478. The van der Waals surface area contributed by atoms with E-state index in [4.69, 9.17) is 4.74 Å². The number of nitrogens with zero attached hydrogens (tertiary/aromatic N) is 1. The Morgan fingerprint density at radius 2 is 2.14 bits per heavy atom. The Bertz CT molecular complexity index is 647. The lowest BCUT2D eigenvalue weighted by atomic mass is 10.2. The van der Waals surface area contributed by atoms with Crippen LogP contribution in [-0.2, 0) is 0 Å². The lowest BCUT2D eigenvalue weighted by Gasteiger charge is -2.09. The van der Waals surface area contributed by atoms with Crippen molar-refractivity contribution in [3.05, 3.63) is 47.9 Å². The van der Waals surface area contributed by atoms with Crippen molar-refractivity contribution in [3.8, 4) is 5.75 Å². The average molecular weight is 289 g/mol. The summed E-state index contributed by atoms with van der Waals surface area (Å²) in [4.78, 5) is 16.3. The molecule has 0 bridgehead atoms. The number of ether oxygens (including phenoxy) is 1. The number of aromatic nitrogens is 1. The van der Waals surface area contributed by atoms with E-state index < -0.39 is 5.82 Å². The second-order valence-corrected chi connectivity index (χ2v) is 4.26. The molecule has 0 aliphatic heterocycles. The summed E-state index contributed by atoms with van der Waals surface area (Å²) >= 11 is 0. The number of amides is 1. The molecule has 0 radical (unpaired) electrons. The van der Waals surface area contributed by atoms with Crippen LogP contribution in [0.4, 0.5) is 15.9 Å². The van der Waals surface area contributed by atoms with E-state index in [1.165, 1.54) is 25.3 Å². The summed E-state index contributed by atoms with van der Waals surface area (Å²) in [6.45, 7) is 2.66. The van der Waals surface area contributed by atoms with Crippen molar-refractivity contribution in [2.75, 3.05) is 24.3 Å². The normalized spacial score (nSPS) is 10.0. The largest absolute Gasteiger partial charge is 0.494 e. The van der Waals surface area contributed by atoms with Crippen LogP contribution in [0, 0.1) is 5.82 Å². The van der Waals surface area contributed by atoms with E-state index in [1.54, 1.807) is 18.3 Å². The fourth-order valence-corrected chi connectivity index (χ4v) is 1.79. The highest BCUT2D eigenvalue weighted by molar-refractivity contribution is 6.04. The minimum absolute atomic E-state index is 0.0795. The van der Waals surface area contributed by atoms with Crippen LogP contribution < -0.4 is 15.4 Å². The molecule has 5 nitrogen and oxygen atoms in total. The number of halogens is 1. The molecule has 1 aromatic heterocycles. The van der Waals surface area contributed by atoms with Gasteiger partial charge in [-0.2, -0.15) is 0 Å². The van der Waals surface area contributed by atoms with E-state index in [1.807, 2.05) is 6.92 Å². The molecular weight excluding hydrogens is 273 g/mol. The molecule has 0 saturated carbocycles. The minimum Gasteiger partial charge on any atom is -0.494 e. The Morgan fingerprint density at radius 1 is 1.33 bits per heavy atom. The van der Waals surface area contributed by atoms with Gasteiger partial charge < -0.3 is 15.4 Å². The Hall–Kier alpha value is -2.63. The molecule has 0 saturated heterocycles. The van der Waals surface area contributed by atoms with Crippen LogP contribution in [0.5, 0.6) is 5.75 Å². The number of hydrogen-bond acceptors (Lipinski definition) is 4. The van der Waals surface area contributed by atoms with E-state index in [0.717, 1.165) is 0 Å². The molecule has 6 heteroatoms. The van der Waals surface area contributed by atoms with Crippen LogP contribution in [0.25, 0.3) is 0 Å². The standard InChI is InChI=1S/C15H16FN3O2/c1-3-17-14-8-10(6-7-18-14)15(20)19-11-4-5-12(16)13(9-11)21-2/h4-9H,3H2,1-2H3,(H,17,18)(H,19,20). The smallest absolute Gasteiger partial charge is 0.255 e. The zero-order valence-corrected chi connectivity index (χ0v) is 11.8. The van der Waals surface area contributed by atoms with E-state index >= 15 is 0 Å². The Labute approximate surface area is 122 Å². The fourth-order valence-electron chi connectivity index (χ4n) is 1.79. The Balaban J connectivity index is 2.16. The molecule has 2 rings (SSSR count). The second-order valence-electron chi connectivity index (χ2n) is 4.26. The highest BCUT2D eigenvalue weighted by Gasteiger charge is 2.09. The molecule has 2 N–H and O–H groups in total. The highest BCUT2D eigenvalue weighted by atomic mass is 19.1. The maximum Gasteiger partial charge on any atom is 0.255 e. The van der Waals surface area contributed by atoms with Gasteiger partial charge in [0.15, 0.2) is 11.6 Å². The van der Waals surface area contributed by atoms with Gasteiger partial charge in [-0.1, -0.05) is 0 Å². The summed E-state index contributed by atoms with van der Waals surface area (Å²) in [6.07, 6.45) is 1.55. The van der Waals surface area contributed by atoms with Crippen LogP contribution in [0.1, 0.15) is 17.3 Å². The second kappa shape index (κ2) is 6.69. The molecule has 0 aliphatic rings. The Kier molecular flexibility index (Phi) is 4.71. The number of hydrogen-bond donors (Lipinski definition) is 2. The summed E-state index contributed by atoms with van der Waals surface area (Å²) in [6, 6.07) is 7.41. The van der Waals surface area contributed by atoms with Gasteiger partial charge in [0.1, 0.15) is 5.82 Å². The van der Waals surface area contributed by atoms with Crippen molar-refractivity contribution in [3.63, 3.8) is 0 Å². The molecule has 0 aliphatic carbocycles. The first-order valence-corrected chi connectivity index (χ1v) is 6.49. The van der Waals surface area contributed by atoms with Crippen molar-refractivity contribution >= 4 is 17.4 Å². The molecule has 21 heavy (non-hydrogen) atoms. The van der Waals surface area contributed by atoms with Gasteiger partial charge in [0.05, 0.1) is 7.11 Å². The van der Waals surface area contributed by atoms with Gasteiger partial charge in [0, 0.05) is 30.1 Å². The number of methoxy groups -OCH3 is 1. The van der Waals surface area contributed by atoms with Gasteiger partial charge >= 0.3 is 0 Å². The third kappa shape index (κ3) is 3.68. The Morgan fingerprint density at radius 3 is 2.86 bits per heavy atom. The zero-order valence-electron chi connectivity index (χ0n) is 11.8. The zero-order chi connectivity index (χ0) is 15.2.